The summed E-state index contributed by atoms with van der Waals surface area (Å²) in [6, 6.07) is 0. The highest BCUT2D eigenvalue weighted by atomic mass is 31.2. The molecule has 0 saturated heterocycles. The fourth-order valence-corrected chi connectivity index (χ4v) is 13.2. The summed E-state index contributed by atoms with van der Waals surface area (Å²) < 4.78 is 68.4. The normalized spacial score (nSPS) is 14.3. The third-order valence-corrected chi connectivity index (χ3v) is 20.0. The van der Waals surface area contributed by atoms with Crippen LogP contribution in [0.3, 0.4) is 0 Å². The molecule has 0 aliphatic heterocycles. The van der Waals surface area contributed by atoms with Gasteiger partial charge < -0.3 is 33.8 Å². The Kier molecular flexibility index (Phi) is 66.5. The lowest BCUT2D eigenvalue weighted by Gasteiger charge is -2.21. The highest BCUT2D eigenvalue weighted by Gasteiger charge is 2.30. The Morgan fingerprint density at radius 1 is 0.305 bits per heavy atom. The topological polar surface area (TPSA) is 237 Å². The minimum atomic E-state index is -4.96. The Labute approximate surface area is 581 Å². The molecule has 0 radical (unpaired) electrons. The summed E-state index contributed by atoms with van der Waals surface area (Å²) in [6.07, 6.45) is 55.9. The lowest BCUT2D eigenvalue weighted by Crippen LogP contribution is -2.30. The average Bonchev–Trinajstić information content (AvgIpc) is 1.58. The molecule has 19 heteroatoms. The fourth-order valence-electron chi connectivity index (χ4n) is 11.6. The molecule has 0 spiro atoms. The number of esters is 4. The minimum Gasteiger partial charge on any atom is -0.462 e. The van der Waals surface area contributed by atoms with E-state index in [1.807, 2.05) is 0 Å². The number of aliphatic hydroxyl groups is 1. The molecule has 3 unspecified atom stereocenters. The molecule has 564 valence electrons. The molecule has 17 nitrogen and oxygen atoms in total. The number of carbonyl (C=O) groups is 4. The summed E-state index contributed by atoms with van der Waals surface area (Å²) in [5.41, 5.74) is 0. The van der Waals surface area contributed by atoms with E-state index < -0.39 is 97.5 Å². The number of ether oxygens (including phenoxy) is 4. The first-order valence-corrected chi connectivity index (χ1v) is 42.5. The van der Waals surface area contributed by atoms with Gasteiger partial charge in [-0.1, -0.05) is 343 Å². The van der Waals surface area contributed by atoms with Crippen molar-refractivity contribution in [1.82, 2.24) is 0 Å². The van der Waals surface area contributed by atoms with E-state index in [2.05, 4.69) is 41.5 Å². The molecule has 0 aliphatic rings. The summed E-state index contributed by atoms with van der Waals surface area (Å²) in [5.74, 6) is -0.604. The van der Waals surface area contributed by atoms with Crippen LogP contribution in [0.25, 0.3) is 0 Å². The minimum absolute atomic E-state index is 0.102. The van der Waals surface area contributed by atoms with Gasteiger partial charge in [0.05, 0.1) is 26.4 Å². The first-order valence-electron chi connectivity index (χ1n) is 39.5. The highest BCUT2D eigenvalue weighted by molar-refractivity contribution is 7.47. The number of carbonyl (C=O) groups excluding carboxylic acids is 4. The van der Waals surface area contributed by atoms with Crippen LogP contribution in [0.15, 0.2) is 0 Å². The molecule has 0 fully saturated rings. The lowest BCUT2D eigenvalue weighted by molar-refractivity contribution is -0.161. The second kappa shape index (κ2) is 67.9. The molecule has 0 bridgehead atoms. The van der Waals surface area contributed by atoms with Crippen LogP contribution in [0.2, 0.25) is 0 Å². The van der Waals surface area contributed by atoms with Crippen LogP contribution in [0.1, 0.15) is 395 Å². The number of unbranched alkanes of at least 4 members (excludes halogenated alkanes) is 44. The van der Waals surface area contributed by atoms with Crippen LogP contribution < -0.4 is 0 Å². The van der Waals surface area contributed by atoms with Gasteiger partial charge in [0, 0.05) is 25.7 Å². The summed E-state index contributed by atoms with van der Waals surface area (Å²) >= 11 is 0. The van der Waals surface area contributed by atoms with Crippen molar-refractivity contribution in [3.63, 3.8) is 0 Å². The lowest BCUT2D eigenvalue weighted by atomic mass is 9.99. The maximum Gasteiger partial charge on any atom is 0.472 e. The maximum absolute atomic E-state index is 13.1. The largest absolute Gasteiger partial charge is 0.472 e. The Hall–Kier alpha value is -1.94. The van der Waals surface area contributed by atoms with E-state index in [1.165, 1.54) is 205 Å². The van der Waals surface area contributed by atoms with E-state index in [-0.39, 0.29) is 25.7 Å². The highest BCUT2D eigenvalue weighted by Crippen LogP contribution is 2.45. The fraction of sp³-hybridized carbons (Fsp3) is 0.947. The number of rotatable bonds is 75. The predicted octanol–water partition coefficient (Wildman–Crippen LogP) is 22.3. The van der Waals surface area contributed by atoms with Crippen molar-refractivity contribution >= 4 is 39.5 Å². The van der Waals surface area contributed by atoms with Crippen molar-refractivity contribution < 1.29 is 80.2 Å². The van der Waals surface area contributed by atoms with Crippen molar-refractivity contribution in [3.05, 3.63) is 0 Å². The Morgan fingerprint density at radius 3 is 0.800 bits per heavy atom. The number of phosphoric acid groups is 2. The number of phosphoric ester groups is 2. The van der Waals surface area contributed by atoms with Gasteiger partial charge in [-0.2, -0.15) is 0 Å². The standard InChI is InChI=1S/C76H148O17P2/c1-7-10-12-14-16-18-19-20-21-22-23-24-25-26-31-34-37-41-48-54-60-75(80)92-71(64-87-74(79)59-53-47-40-36-33-30-28-27-29-32-35-38-45-51-57-69(6)9-3)66-90-94(82,83)88-62-70(77)63-89-95(84,85)91-67-72(65-86-73(78)58-52-46-39-17-15-13-11-8-2)93-76(81)61-55-49-43-42-44-50-56-68(4)5/h68-72,77H,7-67H2,1-6H3,(H,82,83)(H,84,85)/t69?,70-,71-,72-/m1/s1. The summed E-state index contributed by atoms with van der Waals surface area (Å²) in [7, 11) is -9.90. The van der Waals surface area contributed by atoms with Crippen molar-refractivity contribution in [1.29, 1.82) is 0 Å². The maximum atomic E-state index is 13.1. The van der Waals surface area contributed by atoms with Gasteiger partial charge in [0.15, 0.2) is 12.2 Å². The molecule has 0 aromatic rings. The van der Waals surface area contributed by atoms with Gasteiger partial charge in [0.1, 0.15) is 19.3 Å². The van der Waals surface area contributed by atoms with Gasteiger partial charge in [-0.15, -0.1) is 0 Å². The van der Waals surface area contributed by atoms with Gasteiger partial charge in [0.25, 0.3) is 0 Å². The zero-order valence-electron chi connectivity index (χ0n) is 62.0. The summed E-state index contributed by atoms with van der Waals surface area (Å²) in [6.45, 7) is 9.52. The van der Waals surface area contributed by atoms with Crippen LogP contribution >= 0.6 is 15.6 Å². The summed E-state index contributed by atoms with van der Waals surface area (Å²) in [4.78, 5) is 72.6. The molecule has 3 N–H and O–H groups in total. The monoisotopic (exact) mass is 1400 g/mol. The SMILES string of the molecule is CCCCCCCCCCCCCCCCCCCCCCC(=O)O[C@H](COC(=O)CCCCCCCCCCCCCCCCC(C)CC)COP(=O)(O)OC[C@@H](O)COP(=O)(O)OC[C@@H](COC(=O)CCCCCCCCCC)OC(=O)CCCCCCCCC(C)C. The van der Waals surface area contributed by atoms with Gasteiger partial charge in [0.2, 0.25) is 0 Å². The van der Waals surface area contributed by atoms with E-state index in [1.54, 1.807) is 0 Å². The van der Waals surface area contributed by atoms with E-state index in [4.69, 9.17) is 37.0 Å². The van der Waals surface area contributed by atoms with E-state index in [0.29, 0.717) is 31.6 Å². The molecule has 6 atom stereocenters. The Balaban J connectivity index is 5.17. The number of hydrogen-bond donors (Lipinski definition) is 3. The van der Waals surface area contributed by atoms with Crippen molar-refractivity contribution in [2.45, 2.75) is 413 Å². The average molecular weight is 1400 g/mol. The predicted molar refractivity (Wildman–Crippen MR) is 386 cm³/mol. The van der Waals surface area contributed by atoms with Crippen LogP contribution in [0, 0.1) is 11.8 Å². The zero-order chi connectivity index (χ0) is 70.0. The third-order valence-electron chi connectivity index (χ3n) is 18.1. The van der Waals surface area contributed by atoms with Crippen LogP contribution in [0.4, 0.5) is 0 Å². The van der Waals surface area contributed by atoms with Crippen LogP contribution in [-0.2, 0) is 65.4 Å². The van der Waals surface area contributed by atoms with Crippen molar-refractivity contribution in [2.24, 2.45) is 11.8 Å². The van der Waals surface area contributed by atoms with E-state index >= 15 is 0 Å². The van der Waals surface area contributed by atoms with Gasteiger partial charge in [-0.25, -0.2) is 9.13 Å². The van der Waals surface area contributed by atoms with Crippen molar-refractivity contribution in [2.75, 3.05) is 39.6 Å². The summed E-state index contributed by atoms with van der Waals surface area (Å²) in [5, 5.41) is 10.6. The van der Waals surface area contributed by atoms with Gasteiger partial charge >= 0.3 is 39.5 Å². The first kappa shape index (κ1) is 93.1. The van der Waals surface area contributed by atoms with Crippen molar-refractivity contribution in [3.8, 4) is 0 Å². The molecule has 95 heavy (non-hydrogen) atoms. The second-order valence-electron chi connectivity index (χ2n) is 28.1. The molecular weight excluding hydrogens is 1250 g/mol. The molecule has 0 rings (SSSR count). The van der Waals surface area contributed by atoms with Crippen LogP contribution in [-0.4, -0.2) is 96.7 Å². The molecule has 0 aromatic carbocycles. The zero-order valence-corrected chi connectivity index (χ0v) is 63.8. The second-order valence-corrected chi connectivity index (χ2v) is 31.0. The number of hydrogen-bond acceptors (Lipinski definition) is 15. The molecule has 0 aromatic heterocycles. The molecule has 0 heterocycles. The van der Waals surface area contributed by atoms with Gasteiger partial charge in [-0.05, 0) is 37.5 Å². The molecular formula is C76H148O17P2. The Morgan fingerprint density at radius 2 is 0.537 bits per heavy atom. The smallest absolute Gasteiger partial charge is 0.462 e. The number of aliphatic hydroxyl groups excluding tert-OH is 1. The molecule has 0 saturated carbocycles. The van der Waals surface area contributed by atoms with E-state index in [9.17, 15) is 43.2 Å². The molecule has 0 amide bonds. The third kappa shape index (κ3) is 69.0. The quantitative estimate of drug-likeness (QED) is 0.0222. The van der Waals surface area contributed by atoms with Gasteiger partial charge in [-0.3, -0.25) is 37.3 Å². The first-order chi connectivity index (χ1) is 45.9. The molecule has 0 aliphatic carbocycles. The van der Waals surface area contributed by atoms with Crippen LogP contribution in [0.5, 0.6) is 0 Å². The Bertz CT molecular complexity index is 1840. The van der Waals surface area contributed by atoms with E-state index in [0.717, 1.165) is 102 Å².